The van der Waals surface area contributed by atoms with Crippen molar-refractivity contribution >= 4 is 16.0 Å². The molecule has 0 spiro atoms. The van der Waals surface area contributed by atoms with Gasteiger partial charge in [0.05, 0.1) is 15.9 Å². The number of hydrogen-bond acceptors (Lipinski definition) is 6. The van der Waals surface area contributed by atoms with Crippen molar-refractivity contribution in [3.05, 3.63) is 0 Å². The summed E-state index contributed by atoms with van der Waals surface area (Å²) in [6.07, 6.45) is -1.24. The average Bonchev–Trinajstić information content (AvgIpc) is 2.11. The number of likely N-dealkylation sites (N-methyl/N-ethyl adjacent to an activating group) is 1. The monoisotopic (exact) mass is 262 g/mol. The molecule has 0 saturated carbocycles. The molecule has 0 aliphatic heterocycles. The molecule has 0 rings (SSSR count). The summed E-state index contributed by atoms with van der Waals surface area (Å²) in [5.41, 5.74) is 0. The molecule has 90 valence electrons. The fourth-order valence-electron chi connectivity index (χ4n) is 0.791. The molecule has 9 heteroatoms. The molecule has 0 aromatic heterocycles. The van der Waals surface area contributed by atoms with Gasteiger partial charge in [0.25, 0.3) is 0 Å². The first-order valence-corrected chi connectivity index (χ1v) is 6.04. The number of aliphatic hydroxyl groups excluding tert-OH is 1. The molecule has 3 N–H and O–H groups in total. The number of amides is 1. The fourth-order valence-corrected chi connectivity index (χ4v) is 1.14. The first kappa shape index (κ1) is 18.7. The normalized spacial score (nSPS) is 12.7. The Morgan fingerprint density at radius 2 is 2.06 bits per heavy atom. The van der Waals surface area contributed by atoms with E-state index in [9.17, 15) is 22.9 Å². The number of rotatable bonds is 7. The van der Waals surface area contributed by atoms with Crippen LogP contribution in [0.5, 0.6) is 0 Å². The Bertz CT molecular complexity index is 295. The molecule has 0 saturated heterocycles. The van der Waals surface area contributed by atoms with Crippen LogP contribution in [0.2, 0.25) is 0 Å². The van der Waals surface area contributed by atoms with E-state index >= 15 is 0 Å². The number of hydrogen-bond donors (Lipinski definition) is 3. The van der Waals surface area contributed by atoms with E-state index in [0.717, 1.165) is 0 Å². The summed E-state index contributed by atoms with van der Waals surface area (Å²) in [7, 11) is -4.32. The van der Waals surface area contributed by atoms with Crippen molar-refractivity contribution in [2.45, 2.75) is 13.0 Å². The van der Waals surface area contributed by atoms with Crippen LogP contribution >= 0.6 is 0 Å². The number of carbonyl (C=O) groups excluding carboxylic acids is 1. The van der Waals surface area contributed by atoms with Gasteiger partial charge in [-0.3, -0.25) is 4.79 Å². The average molecular weight is 262 g/mol. The Kier molecular flexibility index (Phi) is 10.9. The fraction of sp³-hybridized carbons (Fsp3) is 0.857. The summed E-state index contributed by atoms with van der Waals surface area (Å²) in [6, 6.07) is 0. The van der Waals surface area contributed by atoms with Crippen molar-refractivity contribution < 1.29 is 52.4 Å². The van der Waals surface area contributed by atoms with Gasteiger partial charge in [0.15, 0.2) is 0 Å². The van der Waals surface area contributed by atoms with E-state index < -0.39 is 27.9 Å². The van der Waals surface area contributed by atoms with Gasteiger partial charge in [-0.05, 0) is 6.54 Å². The van der Waals surface area contributed by atoms with Crippen molar-refractivity contribution in [2.24, 2.45) is 0 Å². The third kappa shape index (κ3) is 10.8. The smallest absolute Gasteiger partial charge is 0.748 e. The van der Waals surface area contributed by atoms with E-state index in [0.29, 0.717) is 6.54 Å². The number of aliphatic hydroxyl groups is 1. The molecular weight excluding hydrogens is 247 g/mol. The summed E-state index contributed by atoms with van der Waals surface area (Å²) >= 11 is 0. The van der Waals surface area contributed by atoms with Gasteiger partial charge in [-0.15, -0.1) is 0 Å². The third-order valence-electron chi connectivity index (χ3n) is 1.54. The van der Waals surface area contributed by atoms with Crippen LogP contribution in [0.15, 0.2) is 0 Å². The summed E-state index contributed by atoms with van der Waals surface area (Å²) in [5, 5.41) is 14.1. The standard InChI is InChI=1S/C7H16N2O5S.Na/c1-2-8-5-6(10)7(11)9-3-4-15(12,13)14;/h6,8,10H,2-5H2,1H3,(H,9,11)(H,12,13,14);/q;+1/p-1. The molecule has 7 nitrogen and oxygen atoms in total. The van der Waals surface area contributed by atoms with Gasteiger partial charge >= 0.3 is 29.6 Å². The van der Waals surface area contributed by atoms with Gasteiger partial charge < -0.3 is 20.3 Å². The van der Waals surface area contributed by atoms with E-state index in [-0.39, 0.29) is 42.6 Å². The van der Waals surface area contributed by atoms with Crippen molar-refractivity contribution in [3.8, 4) is 0 Å². The van der Waals surface area contributed by atoms with Gasteiger partial charge in [0.1, 0.15) is 6.10 Å². The topological polar surface area (TPSA) is 119 Å². The van der Waals surface area contributed by atoms with Crippen LogP contribution in [-0.2, 0) is 14.9 Å². The summed E-state index contributed by atoms with van der Waals surface area (Å²) in [4.78, 5) is 11.0. The molecule has 16 heavy (non-hydrogen) atoms. The Morgan fingerprint density at radius 1 is 1.50 bits per heavy atom. The van der Waals surface area contributed by atoms with E-state index in [2.05, 4.69) is 10.6 Å². The molecule has 0 aromatic rings. The molecule has 1 amide bonds. The maximum Gasteiger partial charge on any atom is 1.00 e. The molecule has 0 aliphatic carbocycles. The van der Waals surface area contributed by atoms with Gasteiger partial charge in [0, 0.05) is 13.1 Å². The van der Waals surface area contributed by atoms with Crippen molar-refractivity contribution in [3.63, 3.8) is 0 Å². The van der Waals surface area contributed by atoms with Crippen LogP contribution in [0.4, 0.5) is 0 Å². The van der Waals surface area contributed by atoms with Crippen LogP contribution in [0.1, 0.15) is 6.92 Å². The Labute approximate surface area is 117 Å². The van der Waals surface area contributed by atoms with E-state index in [4.69, 9.17) is 0 Å². The van der Waals surface area contributed by atoms with Gasteiger partial charge in [-0.1, -0.05) is 6.92 Å². The zero-order valence-electron chi connectivity index (χ0n) is 9.39. The van der Waals surface area contributed by atoms with Crippen LogP contribution in [0, 0.1) is 0 Å². The maximum atomic E-state index is 11.0. The second-order valence-corrected chi connectivity index (χ2v) is 4.40. The molecule has 0 fully saturated rings. The SMILES string of the molecule is CCNCC(O)C(=O)NCCS(=O)(=O)[O-].[Na+]. The minimum Gasteiger partial charge on any atom is -0.748 e. The van der Waals surface area contributed by atoms with Crippen LogP contribution < -0.4 is 40.2 Å². The van der Waals surface area contributed by atoms with Crippen molar-refractivity contribution in [1.82, 2.24) is 10.6 Å². The number of carbonyl (C=O) groups is 1. The molecular formula is C7H15N2NaO5S. The molecule has 1 unspecified atom stereocenters. The quantitative estimate of drug-likeness (QED) is 0.311. The predicted molar refractivity (Wildman–Crippen MR) is 52.1 cm³/mol. The summed E-state index contributed by atoms with van der Waals surface area (Å²) in [6.45, 7) is 2.23. The van der Waals surface area contributed by atoms with Crippen LogP contribution in [-0.4, -0.2) is 55.5 Å². The summed E-state index contributed by atoms with van der Waals surface area (Å²) < 4.78 is 30.5. The minimum absolute atomic E-state index is 0. The molecule has 0 bridgehead atoms. The van der Waals surface area contributed by atoms with E-state index in [1.165, 1.54) is 0 Å². The van der Waals surface area contributed by atoms with Gasteiger partial charge in [-0.2, -0.15) is 0 Å². The first-order chi connectivity index (χ1) is 6.87. The molecule has 1 atom stereocenters. The Hall–Kier alpha value is 0.300. The minimum atomic E-state index is -4.32. The van der Waals surface area contributed by atoms with Crippen molar-refractivity contribution in [2.75, 3.05) is 25.4 Å². The Balaban J connectivity index is 0. The number of nitrogens with one attached hydrogen (secondary N) is 2. The molecule has 0 radical (unpaired) electrons. The predicted octanol–water partition coefficient (Wildman–Crippen LogP) is -5.38. The Morgan fingerprint density at radius 3 is 2.50 bits per heavy atom. The van der Waals surface area contributed by atoms with Gasteiger partial charge in [-0.25, -0.2) is 8.42 Å². The second kappa shape index (κ2) is 9.34. The second-order valence-electron chi connectivity index (χ2n) is 2.88. The molecule has 0 aliphatic rings. The third-order valence-corrected chi connectivity index (χ3v) is 2.25. The van der Waals surface area contributed by atoms with E-state index in [1.807, 2.05) is 6.92 Å². The van der Waals surface area contributed by atoms with Gasteiger partial charge in [0.2, 0.25) is 5.91 Å². The molecule has 0 heterocycles. The van der Waals surface area contributed by atoms with Crippen molar-refractivity contribution in [1.29, 1.82) is 0 Å². The zero-order valence-corrected chi connectivity index (χ0v) is 12.2. The first-order valence-electron chi connectivity index (χ1n) is 4.47. The van der Waals surface area contributed by atoms with Crippen LogP contribution in [0.25, 0.3) is 0 Å². The largest absolute Gasteiger partial charge is 1.00 e. The maximum absolute atomic E-state index is 11.0. The zero-order chi connectivity index (χ0) is 11.9. The molecule has 0 aromatic carbocycles. The van der Waals surface area contributed by atoms with Crippen LogP contribution in [0.3, 0.4) is 0 Å². The van der Waals surface area contributed by atoms with E-state index in [1.54, 1.807) is 0 Å². The summed E-state index contributed by atoms with van der Waals surface area (Å²) in [5.74, 6) is -1.37.